The third-order valence-corrected chi connectivity index (χ3v) is 3.04. The summed E-state index contributed by atoms with van der Waals surface area (Å²) in [5.74, 6) is 0. The molecular formula is C14H16F3NO. The molecule has 2 nitrogen and oxygen atoms in total. The van der Waals surface area contributed by atoms with Gasteiger partial charge in [0.1, 0.15) is 0 Å². The number of aromatic nitrogens is 1. The van der Waals surface area contributed by atoms with Gasteiger partial charge in [0.15, 0.2) is 11.3 Å². The quantitative estimate of drug-likeness (QED) is 0.801. The van der Waals surface area contributed by atoms with E-state index in [1.54, 1.807) is 6.07 Å². The first-order valence-electron chi connectivity index (χ1n) is 6.45. The lowest BCUT2D eigenvalue weighted by Crippen LogP contribution is -2.05. The summed E-state index contributed by atoms with van der Waals surface area (Å²) in [5, 5.41) is 3.30. The summed E-state index contributed by atoms with van der Waals surface area (Å²) in [6.45, 7) is 3.99. The second-order valence-corrected chi connectivity index (χ2v) is 4.66. The van der Waals surface area contributed by atoms with Gasteiger partial charge in [0.2, 0.25) is 0 Å². The van der Waals surface area contributed by atoms with Gasteiger partial charge < -0.3 is 4.52 Å². The molecule has 0 bridgehead atoms. The Kier molecular flexibility index (Phi) is 3.83. The van der Waals surface area contributed by atoms with Crippen LogP contribution in [0.1, 0.15) is 43.5 Å². The van der Waals surface area contributed by atoms with Gasteiger partial charge in [-0.2, -0.15) is 13.2 Å². The molecule has 0 fully saturated rings. The number of nitrogens with zero attached hydrogens (tertiary/aromatic N) is 1. The minimum atomic E-state index is -4.47. The van der Waals surface area contributed by atoms with E-state index in [0.717, 1.165) is 30.4 Å². The highest BCUT2D eigenvalue weighted by Gasteiger charge is 2.37. The summed E-state index contributed by atoms with van der Waals surface area (Å²) in [6, 6.07) is 3.48. The molecule has 0 aliphatic carbocycles. The third kappa shape index (κ3) is 2.74. The van der Waals surface area contributed by atoms with Crippen molar-refractivity contribution in [1.29, 1.82) is 0 Å². The maximum absolute atomic E-state index is 12.9. The van der Waals surface area contributed by atoms with Crippen LogP contribution in [0.4, 0.5) is 13.2 Å². The van der Waals surface area contributed by atoms with E-state index in [2.05, 4.69) is 5.16 Å². The van der Waals surface area contributed by atoms with E-state index in [9.17, 15) is 13.2 Å². The fourth-order valence-electron chi connectivity index (χ4n) is 2.27. The topological polar surface area (TPSA) is 26.0 Å². The monoisotopic (exact) mass is 271 g/mol. The van der Waals surface area contributed by atoms with Crippen LogP contribution in [0.5, 0.6) is 0 Å². The number of halogens is 3. The van der Waals surface area contributed by atoms with E-state index in [4.69, 9.17) is 4.52 Å². The Labute approximate surface area is 109 Å². The van der Waals surface area contributed by atoms with Gasteiger partial charge in [0.25, 0.3) is 0 Å². The first kappa shape index (κ1) is 13.9. The van der Waals surface area contributed by atoms with Crippen molar-refractivity contribution in [2.45, 2.75) is 45.7 Å². The summed E-state index contributed by atoms with van der Waals surface area (Å²) >= 11 is 0. The van der Waals surface area contributed by atoms with Crippen LogP contribution < -0.4 is 0 Å². The van der Waals surface area contributed by atoms with Gasteiger partial charge in [-0.15, -0.1) is 0 Å². The molecule has 1 heterocycles. The Bertz CT molecular complexity index is 572. The highest BCUT2D eigenvalue weighted by Crippen LogP contribution is 2.36. The number of hydrogen-bond donors (Lipinski definition) is 0. The van der Waals surface area contributed by atoms with E-state index in [1.165, 1.54) is 0 Å². The molecule has 1 aromatic carbocycles. The van der Waals surface area contributed by atoms with Crippen molar-refractivity contribution in [3.63, 3.8) is 0 Å². The number of rotatable bonds is 4. The molecule has 0 saturated heterocycles. The van der Waals surface area contributed by atoms with Gasteiger partial charge in [-0.1, -0.05) is 37.9 Å². The first-order chi connectivity index (χ1) is 8.97. The van der Waals surface area contributed by atoms with Crippen molar-refractivity contribution in [2.75, 3.05) is 0 Å². The zero-order valence-corrected chi connectivity index (χ0v) is 11.0. The van der Waals surface area contributed by atoms with Crippen molar-refractivity contribution >= 4 is 11.0 Å². The molecule has 0 aliphatic rings. The molecule has 104 valence electrons. The first-order valence-corrected chi connectivity index (χ1v) is 6.45. The molecule has 0 spiro atoms. The van der Waals surface area contributed by atoms with E-state index >= 15 is 0 Å². The highest BCUT2D eigenvalue weighted by atomic mass is 19.4. The van der Waals surface area contributed by atoms with Crippen LogP contribution in [0.15, 0.2) is 16.7 Å². The molecule has 19 heavy (non-hydrogen) atoms. The molecule has 0 N–H and O–H groups in total. The summed E-state index contributed by atoms with van der Waals surface area (Å²) in [4.78, 5) is 0. The Balaban J connectivity index is 2.64. The van der Waals surface area contributed by atoms with Crippen LogP contribution >= 0.6 is 0 Å². The molecule has 0 amide bonds. The average Bonchev–Trinajstić information content (AvgIpc) is 2.73. The summed E-state index contributed by atoms with van der Waals surface area (Å²) in [5.41, 5.74) is 1.07. The predicted octanol–water partition coefficient (Wildman–Crippen LogP) is 4.75. The number of aryl methyl sites for hydroxylation is 2. The van der Waals surface area contributed by atoms with E-state index in [1.807, 2.05) is 19.9 Å². The lowest BCUT2D eigenvalue weighted by atomic mass is 10.00. The molecular weight excluding hydrogens is 255 g/mol. The fourth-order valence-corrected chi connectivity index (χ4v) is 2.27. The molecule has 5 heteroatoms. The van der Waals surface area contributed by atoms with Crippen molar-refractivity contribution in [3.8, 4) is 0 Å². The van der Waals surface area contributed by atoms with Crippen molar-refractivity contribution in [3.05, 3.63) is 29.0 Å². The molecule has 1 aromatic heterocycles. The van der Waals surface area contributed by atoms with Gasteiger partial charge in [-0.25, -0.2) is 0 Å². The maximum atomic E-state index is 12.9. The largest absolute Gasteiger partial charge is 0.437 e. The smallest absolute Gasteiger partial charge is 0.355 e. The Hall–Kier alpha value is -1.52. The van der Waals surface area contributed by atoms with Crippen LogP contribution in [0.25, 0.3) is 11.0 Å². The minimum Gasteiger partial charge on any atom is -0.355 e. The molecule has 0 radical (unpaired) electrons. The molecule has 0 saturated carbocycles. The standard InChI is InChI=1S/C14H16F3NO/c1-3-5-9-7-10(6-4-2)12-11(8-9)13(18-19-12)14(15,16)17/h7-8H,3-6H2,1-2H3. The molecule has 0 atom stereocenters. The molecule has 2 rings (SSSR count). The lowest BCUT2D eigenvalue weighted by Gasteiger charge is -2.06. The lowest BCUT2D eigenvalue weighted by molar-refractivity contribution is -0.141. The summed E-state index contributed by atoms with van der Waals surface area (Å²) in [6.07, 6.45) is -1.27. The van der Waals surface area contributed by atoms with Gasteiger partial charge >= 0.3 is 6.18 Å². The number of hydrogen-bond acceptors (Lipinski definition) is 2. The molecule has 2 aromatic rings. The number of alkyl halides is 3. The fraction of sp³-hybridized carbons (Fsp3) is 0.500. The van der Waals surface area contributed by atoms with Gasteiger partial charge in [0.05, 0.1) is 5.39 Å². The predicted molar refractivity (Wildman–Crippen MR) is 67.0 cm³/mol. The minimum absolute atomic E-state index is 0.0851. The Morgan fingerprint density at radius 2 is 1.79 bits per heavy atom. The van der Waals surface area contributed by atoms with Crippen LogP contribution in [-0.2, 0) is 19.0 Å². The molecule has 0 aliphatic heterocycles. The highest BCUT2D eigenvalue weighted by molar-refractivity contribution is 5.83. The van der Waals surface area contributed by atoms with Crippen molar-refractivity contribution in [2.24, 2.45) is 0 Å². The SMILES string of the molecule is CCCc1cc(CCC)c2onc(C(F)(F)F)c2c1. The second-order valence-electron chi connectivity index (χ2n) is 4.66. The normalized spacial score (nSPS) is 12.3. The van der Waals surface area contributed by atoms with Crippen molar-refractivity contribution < 1.29 is 17.7 Å². The van der Waals surface area contributed by atoms with Crippen molar-refractivity contribution in [1.82, 2.24) is 5.16 Å². The maximum Gasteiger partial charge on any atom is 0.437 e. The Morgan fingerprint density at radius 1 is 1.11 bits per heavy atom. The van der Waals surface area contributed by atoms with E-state index in [0.29, 0.717) is 6.42 Å². The van der Waals surface area contributed by atoms with E-state index < -0.39 is 11.9 Å². The molecule has 0 unspecified atom stereocenters. The number of benzene rings is 1. The summed E-state index contributed by atoms with van der Waals surface area (Å²) < 4.78 is 43.5. The second kappa shape index (κ2) is 5.23. The van der Waals surface area contributed by atoms with Crippen LogP contribution in [0.2, 0.25) is 0 Å². The average molecular weight is 271 g/mol. The number of fused-ring (bicyclic) bond motifs is 1. The van der Waals surface area contributed by atoms with Gasteiger partial charge in [0, 0.05) is 0 Å². The van der Waals surface area contributed by atoms with Gasteiger partial charge in [-0.3, -0.25) is 0 Å². The third-order valence-electron chi connectivity index (χ3n) is 3.04. The zero-order valence-electron chi connectivity index (χ0n) is 11.0. The Morgan fingerprint density at radius 3 is 2.37 bits per heavy atom. The van der Waals surface area contributed by atoms with Crippen LogP contribution in [0, 0.1) is 0 Å². The van der Waals surface area contributed by atoms with E-state index in [-0.39, 0.29) is 11.0 Å². The zero-order chi connectivity index (χ0) is 14.0. The summed E-state index contributed by atoms with van der Waals surface area (Å²) in [7, 11) is 0. The van der Waals surface area contributed by atoms with Crippen LogP contribution in [0.3, 0.4) is 0 Å². The van der Waals surface area contributed by atoms with Gasteiger partial charge in [-0.05, 0) is 30.0 Å². The van der Waals surface area contributed by atoms with Crippen LogP contribution in [-0.4, -0.2) is 5.16 Å².